The van der Waals surface area contributed by atoms with Crippen molar-refractivity contribution in [1.82, 2.24) is 0 Å². The van der Waals surface area contributed by atoms with E-state index in [1.807, 2.05) is 6.07 Å². The van der Waals surface area contributed by atoms with Crippen molar-refractivity contribution >= 4 is 6.08 Å². The van der Waals surface area contributed by atoms with Gasteiger partial charge in [-0.1, -0.05) is 46.8 Å². The number of aliphatic hydroxyl groups is 1. The molecule has 2 N–H and O–H groups in total. The zero-order valence-electron chi connectivity index (χ0n) is 14.4. The minimum atomic E-state index is -0.264. The molecule has 2 heteroatoms. The van der Waals surface area contributed by atoms with E-state index in [0.29, 0.717) is 17.6 Å². The lowest BCUT2D eigenvalue weighted by atomic mass is 9.51. The van der Waals surface area contributed by atoms with Crippen LogP contribution in [0, 0.1) is 11.3 Å². The van der Waals surface area contributed by atoms with Crippen LogP contribution in [0.3, 0.4) is 0 Å². The van der Waals surface area contributed by atoms with Crippen LogP contribution in [0.1, 0.15) is 70.1 Å². The molecule has 0 saturated heterocycles. The van der Waals surface area contributed by atoms with E-state index in [9.17, 15) is 10.2 Å². The molecule has 2 nitrogen and oxygen atoms in total. The summed E-state index contributed by atoms with van der Waals surface area (Å²) in [7, 11) is 0. The molecule has 120 valence electrons. The molecule has 2 aliphatic carbocycles. The maximum Gasteiger partial charge on any atom is 0.119 e. The fourth-order valence-electron chi connectivity index (χ4n) is 4.67. The zero-order valence-corrected chi connectivity index (χ0v) is 14.4. The third kappa shape index (κ3) is 2.04. The van der Waals surface area contributed by atoms with Crippen LogP contribution in [-0.2, 0) is 5.41 Å². The summed E-state index contributed by atoms with van der Waals surface area (Å²) in [6.45, 7) is 10.8. The van der Waals surface area contributed by atoms with Crippen molar-refractivity contribution in [3.63, 3.8) is 0 Å². The van der Waals surface area contributed by atoms with Crippen molar-refractivity contribution in [2.24, 2.45) is 11.3 Å². The van der Waals surface area contributed by atoms with E-state index in [-0.39, 0.29) is 16.9 Å². The quantitative estimate of drug-likeness (QED) is 0.796. The van der Waals surface area contributed by atoms with Gasteiger partial charge in [-0.3, -0.25) is 0 Å². The SMILES string of the molecule is CC(C)c1cc2c(cc1O)C1(C)CCC(O)C(C)(C)C1C=C2. The van der Waals surface area contributed by atoms with Crippen LogP contribution in [0.5, 0.6) is 5.75 Å². The topological polar surface area (TPSA) is 40.5 Å². The van der Waals surface area contributed by atoms with Crippen LogP contribution in [0.4, 0.5) is 0 Å². The van der Waals surface area contributed by atoms with Gasteiger partial charge >= 0.3 is 0 Å². The maximum atomic E-state index is 10.5. The lowest BCUT2D eigenvalue weighted by Crippen LogP contribution is -2.52. The van der Waals surface area contributed by atoms with Crippen molar-refractivity contribution in [2.45, 2.75) is 64.9 Å². The molecule has 2 aliphatic rings. The predicted octanol–water partition coefficient (Wildman–Crippen LogP) is 4.60. The highest BCUT2D eigenvalue weighted by Gasteiger charge is 2.52. The van der Waals surface area contributed by atoms with Gasteiger partial charge in [-0.15, -0.1) is 0 Å². The number of rotatable bonds is 1. The molecule has 0 amide bonds. The van der Waals surface area contributed by atoms with Gasteiger partial charge in [0.2, 0.25) is 0 Å². The fraction of sp³-hybridized carbons (Fsp3) is 0.600. The smallest absolute Gasteiger partial charge is 0.119 e. The zero-order chi connectivity index (χ0) is 16.3. The minimum Gasteiger partial charge on any atom is -0.508 e. The van der Waals surface area contributed by atoms with Gasteiger partial charge in [0.25, 0.3) is 0 Å². The number of aliphatic hydroxyl groups excluding tert-OH is 1. The van der Waals surface area contributed by atoms with Crippen molar-refractivity contribution in [1.29, 1.82) is 0 Å². The average Bonchev–Trinajstić information content (AvgIpc) is 2.43. The summed E-state index contributed by atoms with van der Waals surface area (Å²) in [5, 5.41) is 20.9. The van der Waals surface area contributed by atoms with Gasteiger partial charge in [-0.2, -0.15) is 0 Å². The summed E-state index contributed by atoms with van der Waals surface area (Å²) in [6.07, 6.45) is 5.99. The molecule has 22 heavy (non-hydrogen) atoms. The third-order valence-electron chi connectivity index (χ3n) is 6.19. The standard InChI is InChI=1S/C20H28O2/c1-12(2)14-10-13-6-7-17-19(3,4)18(22)8-9-20(17,5)15(13)11-16(14)21/h6-7,10-12,17-18,21-22H,8-9H2,1-5H3. The summed E-state index contributed by atoms with van der Waals surface area (Å²) in [5.74, 6) is 1.02. The lowest BCUT2D eigenvalue weighted by Gasteiger charge is -2.54. The van der Waals surface area contributed by atoms with Gasteiger partial charge in [0.1, 0.15) is 5.75 Å². The van der Waals surface area contributed by atoms with Crippen molar-refractivity contribution in [3.8, 4) is 5.75 Å². The highest BCUT2D eigenvalue weighted by atomic mass is 16.3. The van der Waals surface area contributed by atoms with Crippen molar-refractivity contribution < 1.29 is 10.2 Å². The Kier molecular flexibility index (Phi) is 3.45. The molecular formula is C20H28O2. The number of phenolic OH excluding ortho intramolecular Hbond substituents is 1. The number of phenols is 1. The Hall–Kier alpha value is -1.28. The molecule has 3 unspecified atom stereocenters. The number of hydrogen-bond donors (Lipinski definition) is 2. The maximum absolute atomic E-state index is 10.5. The second-order valence-corrected chi connectivity index (χ2v) is 8.28. The average molecular weight is 300 g/mol. The van der Waals surface area contributed by atoms with E-state index in [1.54, 1.807) is 0 Å². The molecule has 0 bridgehead atoms. The number of allylic oxidation sites excluding steroid dienone is 1. The van der Waals surface area contributed by atoms with Crippen molar-refractivity contribution in [3.05, 3.63) is 34.9 Å². The molecule has 1 fully saturated rings. The van der Waals surface area contributed by atoms with Gasteiger partial charge in [0.05, 0.1) is 6.10 Å². The minimum absolute atomic E-state index is 0.0141. The van der Waals surface area contributed by atoms with Crippen LogP contribution in [-0.4, -0.2) is 16.3 Å². The Balaban J connectivity index is 2.16. The van der Waals surface area contributed by atoms with Crippen molar-refractivity contribution in [2.75, 3.05) is 0 Å². The van der Waals surface area contributed by atoms with E-state index < -0.39 is 0 Å². The normalized spacial score (nSPS) is 32.7. The van der Waals surface area contributed by atoms with Gasteiger partial charge in [-0.25, -0.2) is 0 Å². The Bertz CT molecular complexity index is 627. The number of benzene rings is 1. The summed E-state index contributed by atoms with van der Waals surface area (Å²) < 4.78 is 0. The Morgan fingerprint density at radius 2 is 1.86 bits per heavy atom. The number of fused-ring (bicyclic) bond motifs is 3. The van der Waals surface area contributed by atoms with Crippen LogP contribution >= 0.6 is 0 Å². The largest absolute Gasteiger partial charge is 0.508 e. The molecule has 0 aliphatic heterocycles. The van der Waals surface area contributed by atoms with Crippen LogP contribution in [0.2, 0.25) is 0 Å². The number of hydrogen-bond acceptors (Lipinski definition) is 2. The Morgan fingerprint density at radius 3 is 2.50 bits per heavy atom. The molecule has 1 aromatic carbocycles. The predicted molar refractivity (Wildman–Crippen MR) is 91.1 cm³/mol. The third-order valence-corrected chi connectivity index (χ3v) is 6.19. The van der Waals surface area contributed by atoms with Gasteiger partial charge in [0, 0.05) is 5.41 Å². The first kappa shape index (κ1) is 15.6. The molecule has 0 radical (unpaired) electrons. The molecule has 3 atom stereocenters. The molecule has 0 heterocycles. The summed E-state index contributed by atoms with van der Waals surface area (Å²) >= 11 is 0. The highest BCUT2D eigenvalue weighted by Crippen LogP contribution is 2.56. The first-order valence-electron chi connectivity index (χ1n) is 8.41. The highest BCUT2D eigenvalue weighted by molar-refractivity contribution is 5.64. The second kappa shape index (κ2) is 4.86. The van der Waals surface area contributed by atoms with E-state index in [4.69, 9.17) is 0 Å². The van der Waals surface area contributed by atoms with Crippen LogP contribution in [0.25, 0.3) is 6.08 Å². The molecule has 3 rings (SSSR count). The summed E-state index contributed by atoms with van der Waals surface area (Å²) in [6, 6.07) is 4.13. The molecule has 0 aromatic heterocycles. The Labute approximate surface area is 133 Å². The van der Waals surface area contributed by atoms with Crippen LogP contribution in [0.15, 0.2) is 18.2 Å². The molecule has 0 spiro atoms. The first-order chi connectivity index (χ1) is 10.2. The number of aromatic hydroxyl groups is 1. The molecule has 1 aromatic rings. The van der Waals surface area contributed by atoms with Crippen LogP contribution < -0.4 is 0 Å². The monoisotopic (exact) mass is 300 g/mol. The van der Waals surface area contributed by atoms with E-state index in [0.717, 1.165) is 18.4 Å². The molecule has 1 saturated carbocycles. The summed E-state index contributed by atoms with van der Waals surface area (Å²) in [5.41, 5.74) is 3.32. The lowest BCUT2D eigenvalue weighted by molar-refractivity contribution is -0.0482. The second-order valence-electron chi connectivity index (χ2n) is 8.28. The molecular weight excluding hydrogens is 272 g/mol. The fourth-order valence-corrected chi connectivity index (χ4v) is 4.67. The summed E-state index contributed by atoms with van der Waals surface area (Å²) in [4.78, 5) is 0. The van der Waals surface area contributed by atoms with Gasteiger partial charge in [0.15, 0.2) is 0 Å². The van der Waals surface area contributed by atoms with E-state index in [1.165, 1.54) is 11.1 Å². The first-order valence-corrected chi connectivity index (χ1v) is 8.41. The van der Waals surface area contributed by atoms with Gasteiger partial charge < -0.3 is 10.2 Å². The van der Waals surface area contributed by atoms with E-state index in [2.05, 4.69) is 52.8 Å². The Morgan fingerprint density at radius 1 is 1.18 bits per heavy atom. The van der Waals surface area contributed by atoms with E-state index >= 15 is 0 Å². The van der Waals surface area contributed by atoms with Gasteiger partial charge in [-0.05, 0) is 58.9 Å².